The number of amides is 3. The van der Waals surface area contributed by atoms with Crippen LogP contribution in [-0.4, -0.2) is 39.7 Å². The molecule has 1 saturated heterocycles. The van der Waals surface area contributed by atoms with E-state index in [0.29, 0.717) is 11.1 Å². The summed E-state index contributed by atoms with van der Waals surface area (Å²) in [6.45, 7) is 0.182. The van der Waals surface area contributed by atoms with E-state index in [1.54, 1.807) is 0 Å². The molecule has 0 aromatic heterocycles. The Kier molecular flexibility index (Phi) is 2.97. The Labute approximate surface area is 119 Å². The lowest BCUT2D eigenvalue weighted by Crippen LogP contribution is -2.52. The summed E-state index contributed by atoms with van der Waals surface area (Å²) in [4.78, 5) is 47.7. The smallest absolute Gasteiger partial charge is 0.335 e. The van der Waals surface area contributed by atoms with Gasteiger partial charge in [0.25, 0.3) is 5.91 Å². The van der Waals surface area contributed by atoms with Crippen molar-refractivity contribution in [3.63, 3.8) is 0 Å². The van der Waals surface area contributed by atoms with E-state index in [2.05, 4.69) is 5.32 Å². The molecule has 0 unspecified atom stereocenters. The molecule has 2 heterocycles. The number of nitrogens with zero attached hydrogens (tertiary/aromatic N) is 1. The number of carbonyl (C=O) groups excluding carboxylic acids is 3. The molecule has 108 valence electrons. The number of carbonyl (C=O) groups is 4. The summed E-state index contributed by atoms with van der Waals surface area (Å²) in [7, 11) is 0. The highest BCUT2D eigenvalue weighted by atomic mass is 16.4. The lowest BCUT2D eigenvalue weighted by atomic mass is 10.0. The highest BCUT2D eigenvalue weighted by Crippen LogP contribution is 2.28. The van der Waals surface area contributed by atoms with Crippen LogP contribution in [0.4, 0.5) is 0 Å². The van der Waals surface area contributed by atoms with Crippen molar-refractivity contribution in [1.82, 2.24) is 10.2 Å². The van der Waals surface area contributed by atoms with Gasteiger partial charge in [-0.1, -0.05) is 0 Å². The van der Waals surface area contributed by atoms with E-state index >= 15 is 0 Å². The molecule has 0 radical (unpaired) electrons. The van der Waals surface area contributed by atoms with Crippen molar-refractivity contribution >= 4 is 23.7 Å². The van der Waals surface area contributed by atoms with Crippen LogP contribution in [0.25, 0.3) is 0 Å². The first-order chi connectivity index (χ1) is 9.97. The normalized spacial score (nSPS) is 21.2. The summed E-state index contributed by atoms with van der Waals surface area (Å²) in [6.07, 6.45) is 0.479. The molecule has 1 fully saturated rings. The van der Waals surface area contributed by atoms with E-state index in [1.807, 2.05) is 0 Å². The fourth-order valence-electron chi connectivity index (χ4n) is 2.71. The highest BCUT2D eigenvalue weighted by Gasteiger charge is 2.39. The second kappa shape index (κ2) is 4.69. The molecular weight excluding hydrogens is 276 g/mol. The van der Waals surface area contributed by atoms with Gasteiger partial charge in [0.05, 0.1) is 5.56 Å². The van der Waals surface area contributed by atoms with Crippen molar-refractivity contribution in [2.24, 2.45) is 0 Å². The Morgan fingerprint density at radius 3 is 2.71 bits per heavy atom. The molecule has 1 atom stereocenters. The van der Waals surface area contributed by atoms with E-state index in [1.165, 1.54) is 23.1 Å². The summed E-state index contributed by atoms with van der Waals surface area (Å²) in [5, 5.41) is 11.2. The average Bonchev–Trinajstić information content (AvgIpc) is 2.75. The lowest BCUT2D eigenvalue weighted by molar-refractivity contribution is -0.136. The summed E-state index contributed by atoms with van der Waals surface area (Å²) in [5.74, 6) is -2.19. The predicted molar refractivity (Wildman–Crippen MR) is 69.4 cm³/mol. The van der Waals surface area contributed by atoms with E-state index in [0.717, 1.165) is 0 Å². The van der Waals surface area contributed by atoms with Gasteiger partial charge < -0.3 is 10.0 Å². The van der Waals surface area contributed by atoms with Crippen LogP contribution in [0.15, 0.2) is 18.2 Å². The van der Waals surface area contributed by atoms with Crippen LogP contribution < -0.4 is 5.32 Å². The number of benzene rings is 1. The van der Waals surface area contributed by atoms with Crippen LogP contribution in [0.3, 0.4) is 0 Å². The number of imide groups is 1. The summed E-state index contributed by atoms with van der Waals surface area (Å²) >= 11 is 0. The van der Waals surface area contributed by atoms with Gasteiger partial charge in [-0.05, 0) is 30.2 Å². The van der Waals surface area contributed by atoms with Crippen LogP contribution in [-0.2, 0) is 16.1 Å². The zero-order valence-electron chi connectivity index (χ0n) is 11.0. The number of carboxylic acid groups (broad SMARTS) is 1. The zero-order valence-corrected chi connectivity index (χ0v) is 11.0. The fraction of sp³-hybridized carbons (Fsp3) is 0.286. The minimum atomic E-state index is -1.07. The Bertz CT molecular complexity index is 682. The van der Waals surface area contributed by atoms with Crippen molar-refractivity contribution in [2.45, 2.75) is 25.4 Å². The standard InChI is InChI=1S/C14H12N2O5/c17-11-4-3-10(12(18)15-11)16-6-8-5-7(14(20)21)1-2-9(8)13(16)19/h1-2,5,10H,3-4,6H2,(H,20,21)(H,15,17,18)/t10-/m0/s1. The molecule has 2 aliphatic rings. The van der Waals surface area contributed by atoms with Crippen LogP contribution in [0.2, 0.25) is 0 Å². The molecule has 0 bridgehead atoms. The predicted octanol–water partition coefficient (Wildman–Crippen LogP) is 0.146. The summed E-state index contributed by atoms with van der Waals surface area (Å²) in [6, 6.07) is 3.59. The zero-order chi connectivity index (χ0) is 15.1. The third kappa shape index (κ3) is 2.16. The number of hydrogen-bond donors (Lipinski definition) is 2. The summed E-state index contributed by atoms with van der Waals surface area (Å²) < 4.78 is 0. The highest BCUT2D eigenvalue weighted by molar-refractivity contribution is 6.05. The Hall–Kier alpha value is -2.70. The van der Waals surface area contributed by atoms with E-state index in [4.69, 9.17) is 5.11 Å². The molecule has 1 aromatic rings. The monoisotopic (exact) mass is 288 g/mol. The third-order valence-electron chi connectivity index (χ3n) is 3.77. The Morgan fingerprint density at radius 1 is 1.29 bits per heavy atom. The van der Waals surface area contributed by atoms with Gasteiger partial charge in [0.1, 0.15) is 6.04 Å². The van der Waals surface area contributed by atoms with Crippen LogP contribution in [0, 0.1) is 0 Å². The first-order valence-electron chi connectivity index (χ1n) is 6.48. The molecule has 2 aliphatic heterocycles. The first-order valence-corrected chi connectivity index (χ1v) is 6.48. The van der Waals surface area contributed by atoms with E-state index in [9.17, 15) is 19.2 Å². The molecule has 0 saturated carbocycles. The quantitative estimate of drug-likeness (QED) is 0.754. The molecule has 2 N–H and O–H groups in total. The third-order valence-corrected chi connectivity index (χ3v) is 3.77. The van der Waals surface area contributed by atoms with Crippen molar-refractivity contribution in [2.75, 3.05) is 0 Å². The molecule has 7 heteroatoms. The molecule has 7 nitrogen and oxygen atoms in total. The van der Waals surface area contributed by atoms with Gasteiger partial charge in [-0.2, -0.15) is 0 Å². The number of hydrogen-bond acceptors (Lipinski definition) is 4. The second-order valence-electron chi connectivity index (χ2n) is 5.08. The molecule has 21 heavy (non-hydrogen) atoms. The largest absolute Gasteiger partial charge is 0.478 e. The number of piperidine rings is 1. The van der Waals surface area contributed by atoms with Crippen molar-refractivity contribution in [3.05, 3.63) is 34.9 Å². The minimum Gasteiger partial charge on any atom is -0.478 e. The molecule has 0 spiro atoms. The molecule has 3 amide bonds. The van der Waals surface area contributed by atoms with Gasteiger partial charge in [-0.25, -0.2) is 4.79 Å². The van der Waals surface area contributed by atoms with E-state index in [-0.39, 0.29) is 36.8 Å². The van der Waals surface area contributed by atoms with Gasteiger partial charge >= 0.3 is 5.97 Å². The minimum absolute atomic E-state index is 0.103. The number of rotatable bonds is 2. The summed E-state index contributed by atoms with van der Waals surface area (Å²) in [5.41, 5.74) is 1.10. The van der Waals surface area contributed by atoms with Crippen LogP contribution in [0.1, 0.15) is 39.1 Å². The number of fused-ring (bicyclic) bond motifs is 1. The van der Waals surface area contributed by atoms with Crippen molar-refractivity contribution < 1.29 is 24.3 Å². The topological polar surface area (TPSA) is 104 Å². The van der Waals surface area contributed by atoms with Gasteiger partial charge in [-0.3, -0.25) is 19.7 Å². The first kappa shape index (κ1) is 13.3. The van der Waals surface area contributed by atoms with Gasteiger partial charge in [0.2, 0.25) is 11.8 Å². The number of carboxylic acids is 1. The molecule has 3 rings (SSSR count). The maximum atomic E-state index is 12.3. The second-order valence-corrected chi connectivity index (χ2v) is 5.08. The average molecular weight is 288 g/mol. The van der Waals surface area contributed by atoms with Gasteiger partial charge in [-0.15, -0.1) is 0 Å². The van der Waals surface area contributed by atoms with E-state index < -0.39 is 17.9 Å². The van der Waals surface area contributed by atoms with Crippen molar-refractivity contribution in [3.8, 4) is 0 Å². The molecular formula is C14H12N2O5. The SMILES string of the molecule is O=C1CC[C@H](N2Cc3cc(C(=O)O)ccc3C2=O)C(=O)N1. The number of nitrogens with one attached hydrogen (secondary N) is 1. The lowest BCUT2D eigenvalue weighted by Gasteiger charge is -2.29. The van der Waals surface area contributed by atoms with Gasteiger partial charge in [0, 0.05) is 18.5 Å². The van der Waals surface area contributed by atoms with Crippen LogP contribution in [0.5, 0.6) is 0 Å². The molecule has 0 aliphatic carbocycles. The maximum absolute atomic E-state index is 12.3. The number of aromatic carboxylic acids is 1. The van der Waals surface area contributed by atoms with Crippen LogP contribution >= 0.6 is 0 Å². The van der Waals surface area contributed by atoms with Gasteiger partial charge in [0.15, 0.2) is 0 Å². The maximum Gasteiger partial charge on any atom is 0.335 e. The Morgan fingerprint density at radius 2 is 2.05 bits per heavy atom. The van der Waals surface area contributed by atoms with Crippen molar-refractivity contribution in [1.29, 1.82) is 0 Å². The molecule has 1 aromatic carbocycles. The fourth-order valence-corrected chi connectivity index (χ4v) is 2.71. The Balaban J connectivity index is 1.88.